The summed E-state index contributed by atoms with van der Waals surface area (Å²) < 4.78 is 22.1. The summed E-state index contributed by atoms with van der Waals surface area (Å²) >= 11 is 0. The molecule has 1 aromatic heterocycles. The fourth-order valence-electron chi connectivity index (χ4n) is 3.39. The second-order valence-corrected chi connectivity index (χ2v) is 7.90. The van der Waals surface area contributed by atoms with Gasteiger partial charge in [0.1, 0.15) is 37.1 Å². The Kier molecular flexibility index (Phi) is 10.1. The molecule has 0 spiro atoms. The van der Waals surface area contributed by atoms with Crippen LogP contribution in [0.15, 0.2) is 54.7 Å². The van der Waals surface area contributed by atoms with Gasteiger partial charge in [-0.05, 0) is 68.5 Å². The van der Waals surface area contributed by atoms with Gasteiger partial charge in [-0.15, -0.1) is 0 Å². The molecule has 0 unspecified atom stereocenters. The molecule has 1 heterocycles. The van der Waals surface area contributed by atoms with Crippen LogP contribution in [0.25, 0.3) is 11.3 Å². The van der Waals surface area contributed by atoms with E-state index in [0.29, 0.717) is 26.4 Å². The van der Waals surface area contributed by atoms with Crippen molar-refractivity contribution in [2.45, 2.75) is 26.3 Å². The molecule has 3 rings (SSSR count). The Hall–Kier alpha value is -3.03. The van der Waals surface area contributed by atoms with Crippen LogP contribution in [0.2, 0.25) is 0 Å². The van der Waals surface area contributed by atoms with Gasteiger partial charge in [0.05, 0.1) is 18.5 Å². The number of nitrogens with one attached hydrogen (secondary N) is 1. The number of hydrogen-bond donors (Lipinski definition) is 1. The predicted octanol–water partition coefficient (Wildman–Crippen LogP) is 4.79. The van der Waals surface area contributed by atoms with Crippen LogP contribution in [0.4, 0.5) is 0 Å². The Balaban J connectivity index is 1.43. The summed E-state index contributed by atoms with van der Waals surface area (Å²) in [6.45, 7) is 6.19. The van der Waals surface area contributed by atoms with E-state index in [1.165, 1.54) is 18.4 Å². The maximum atomic E-state index is 5.83. The van der Waals surface area contributed by atoms with Crippen molar-refractivity contribution in [2.75, 3.05) is 47.1 Å². The zero-order chi connectivity index (χ0) is 23.3. The van der Waals surface area contributed by atoms with Crippen molar-refractivity contribution in [2.24, 2.45) is 0 Å². The second kappa shape index (κ2) is 13.5. The molecule has 0 bridgehead atoms. The Labute approximate surface area is 196 Å². The van der Waals surface area contributed by atoms with E-state index in [1.54, 1.807) is 7.11 Å². The summed E-state index contributed by atoms with van der Waals surface area (Å²) in [5, 5.41) is 7.39. The average molecular weight is 454 g/mol. The van der Waals surface area contributed by atoms with Crippen molar-refractivity contribution >= 4 is 0 Å². The van der Waals surface area contributed by atoms with E-state index in [4.69, 9.17) is 18.9 Å². The van der Waals surface area contributed by atoms with Gasteiger partial charge in [0, 0.05) is 24.8 Å². The first-order chi connectivity index (χ1) is 16.2. The van der Waals surface area contributed by atoms with Gasteiger partial charge in [0.25, 0.3) is 0 Å². The highest BCUT2D eigenvalue weighted by molar-refractivity contribution is 5.63. The summed E-state index contributed by atoms with van der Waals surface area (Å²) in [5.41, 5.74) is 3.36. The number of ether oxygens (including phenoxy) is 4. The highest BCUT2D eigenvalue weighted by atomic mass is 16.5. The molecule has 178 valence electrons. The van der Waals surface area contributed by atoms with Gasteiger partial charge in [-0.25, -0.2) is 0 Å². The monoisotopic (exact) mass is 453 g/mol. The summed E-state index contributed by atoms with van der Waals surface area (Å²) in [5.74, 6) is 2.39. The minimum Gasteiger partial charge on any atom is -0.491 e. The number of benzene rings is 2. The van der Waals surface area contributed by atoms with Crippen LogP contribution in [0.1, 0.15) is 25.3 Å². The number of rotatable bonds is 15. The molecule has 7 heteroatoms. The van der Waals surface area contributed by atoms with Gasteiger partial charge < -0.3 is 23.8 Å². The molecule has 0 aliphatic heterocycles. The topological polar surface area (TPSA) is 68.8 Å². The number of methoxy groups -OCH3 is 1. The zero-order valence-corrected chi connectivity index (χ0v) is 19.9. The van der Waals surface area contributed by atoms with Crippen LogP contribution in [0, 0.1) is 0 Å². The fraction of sp³-hybridized carbons (Fsp3) is 0.423. The van der Waals surface area contributed by atoms with E-state index in [9.17, 15) is 0 Å². The van der Waals surface area contributed by atoms with Crippen LogP contribution in [-0.4, -0.2) is 62.2 Å². The lowest BCUT2D eigenvalue weighted by atomic mass is 10.1. The van der Waals surface area contributed by atoms with Crippen molar-refractivity contribution in [3.05, 3.63) is 60.3 Å². The van der Waals surface area contributed by atoms with E-state index < -0.39 is 0 Å². The fourth-order valence-corrected chi connectivity index (χ4v) is 3.39. The standard InChI is InChI=1S/C26H35N3O4/c1-4-5-14-29(2)20-22-19-27-28-26(22)21-6-8-23(9-7-21)32-17-18-33-25-12-10-24(11-13-25)31-16-15-30-3/h6-13,19H,4-5,14-18,20H2,1-3H3,(H,27,28). The van der Waals surface area contributed by atoms with E-state index in [0.717, 1.165) is 41.6 Å². The molecule has 2 aromatic carbocycles. The number of aromatic nitrogens is 2. The second-order valence-electron chi connectivity index (χ2n) is 7.90. The number of aromatic amines is 1. The molecule has 0 fully saturated rings. The van der Waals surface area contributed by atoms with E-state index >= 15 is 0 Å². The molecule has 0 aliphatic carbocycles. The molecule has 7 nitrogen and oxygen atoms in total. The van der Waals surface area contributed by atoms with E-state index in [1.807, 2.05) is 42.6 Å². The summed E-state index contributed by atoms with van der Waals surface area (Å²) in [6, 6.07) is 15.6. The summed E-state index contributed by atoms with van der Waals surface area (Å²) in [6.07, 6.45) is 4.32. The third kappa shape index (κ3) is 8.11. The maximum Gasteiger partial charge on any atom is 0.122 e. The Bertz CT molecular complexity index is 925. The largest absolute Gasteiger partial charge is 0.491 e. The third-order valence-corrected chi connectivity index (χ3v) is 5.20. The number of H-pyrrole nitrogens is 1. The lowest BCUT2D eigenvalue weighted by Crippen LogP contribution is -2.19. The third-order valence-electron chi connectivity index (χ3n) is 5.20. The Morgan fingerprint density at radius 1 is 0.818 bits per heavy atom. The zero-order valence-electron chi connectivity index (χ0n) is 19.9. The van der Waals surface area contributed by atoms with Crippen molar-refractivity contribution in [3.8, 4) is 28.5 Å². The van der Waals surface area contributed by atoms with Crippen LogP contribution < -0.4 is 14.2 Å². The number of hydrogen-bond acceptors (Lipinski definition) is 6. The number of unbranched alkanes of at least 4 members (excludes halogenated alkanes) is 1. The minimum absolute atomic E-state index is 0.459. The molecular weight excluding hydrogens is 418 g/mol. The van der Waals surface area contributed by atoms with Crippen molar-refractivity contribution in [1.29, 1.82) is 0 Å². The lowest BCUT2D eigenvalue weighted by molar-refractivity contribution is 0.146. The Morgan fingerprint density at radius 3 is 1.91 bits per heavy atom. The van der Waals surface area contributed by atoms with Gasteiger partial charge in [-0.2, -0.15) is 5.10 Å². The minimum atomic E-state index is 0.459. The van der Waals surface area contributed by atoms with Gasteiger partial charge in [-0.1, -0.05) is 13.3 Å². The molecule has 0 radical (unpaired) electrons. The first kappa shape index (κ1) is 24.6. The molecule has 0 atom stereocenters. The highest BCUT2D eigenvalue weighted by Crippen LogP contribution is 2.25. The molecule has 0 saturated heterocycles. The first-order valence-corrected chi connectivity index (χ1v) is 11.5. The SMILES string of the molecule is CCCCN(C)Cc1cn[nH]c1-c1ccc(OCCOc2ccc(OCCOC)cc2)cc1. The highest BCUT2D eigenvalue weighted by Gasteiger charge is 2.10. The van der Waals surface area contributed by atoms with E-state index in [-0.39, 0.29) is 0 Å². The molecule has 33 heavy (non-hydrogen) atoms. The Morgan fingerprint density at radius 2 is 1.36 bits per heavy atom. The lowest BCUT2D eigenvalue weighted by Gasteiger charge is -2.16. The molecule has 1 N–H and O–H groups in total. The van der Waals surface area contributed by atoms with Gasteiger partial charge in [0.15, 0.2) is 0 Å². The molecule has 3 aromatic rings. The molecular formula is C26H35N3O4. The van der Waals surface area contributed by atoms with Crippen LogP contribution in [0.5, 0.6) is 17.2 Å². The average Bonchev–Trinajstić information content (AvgIpc) is 3.30. The van der Waals surface area contributed by atoms with Gasteiger partial charge >= 0.3 is 0 Å². The molecule has 0 amide bonds. The quantitative estimate of drug-likeness (QED) is 0.334. The van der Waals surface area contributed by atoms with Crippen LogP contribution >= 0.6 is 0 Å². The number of nitrogens with zero attached hydrogens (tertiary/aromatic N) is 2. The first-order valence-electron chi connectivity index (χ1n) is 11.5. The summed E-state index contributed by atoms with van der Waals surface area (Å²) in [4.78, 5) is 2.33. The maximum absolute atomic E-state index is 5.83. The van der Waals surface area contributed by atoms with Gasteiger partial charge in [-0.3, -0.25) is 5.10 Å². The van der Waals surface area contributed by atoms with E-state index in [2.05, 4.69) is 41.2 Å². The van der Waals surface area contributed by atoms with Crippen molar-refractivity contribution < 1.29 is 18.9 Å². The predicted molar refractivity (Wildman–Crippen MR) is 130 cm³/mol. The van der Waals surface area contributed by atoms with Crippen molar-refractivity contribution in [1.82, 2.24) is 15.1 Å². The van der Waals surface area contributed by atoms with Gasteiger partial charge in [0.2, 0.25) is 0 Å². The van der Waals surface area contributed by atoms with Crippen LogP contribution in [0.3, 0.4) is 0 Å². The van der Waals surface area contributed by atoms with Crippen molar-refractivity contribution in [3.63, 3.8) is 0 Å². The molecule has 0 saturated carbocycles. The van der Waals surface area contributed by atoms with Crippen LogP contribution in [-0.2, 0) is 11.3 Å². The smallest absolute Gasteiger partial charge is 0.122 e. The normalized spacial score (nSPS) is 11.0. The molecule has 0 aliphatic rings. The summed E-state index contributed by atoms with van der Waals surface area (Å²) in [7, 11) is 3.80.